The van der Waals surface area contributed by atoms with E-state index in [4.69, 9.17) is 38.5 Å². The molecule has 3 heterocycles. The fourth-order valence-electron chi connectivity index (χ4n) is 13.0. The number of aromatic nitrogens is 3. The first-order valence-corrected chi connectivity index (χ1v) is 41.2. The van der Waals surface area contributed by atoms with Gasteiger partial charge in [0.2, 0.25) is 53.2 Å². The van der Waals surface area contributed by atoms with Crippen LogP contribution in [0.25, 0.3) is 23.1 Å². The van der Waals surface area contributed by atoms with E-state index in [0.717, 1.165) is 4.68 Å². The molecule has 1 saturated heterocycles. The minimum absolute atomic E-state index is 0.0178. The zero-order valence-electron chi connectivity index (χ0n) is 69.5. The van der Waals surface area contributed by atoms with Crippen LogP contribution >= 0.6 is 11.8 Å². The lowest BCUT2D eigenvalue weighted by atomic mass is 9.93. The molecule has 1 aliphatic heterocycles. The lowest BCUT2D eigenvalue weighted by Gasteiger charge is -2.31. The molecule has 668 valence electrons. The highest BCUT2D eigenvalue weighted by Crippen LogP contribution is 2.34. The number of carboxylic acids is 1. The number of aliphatic hydroxyl groups is 4. The van der Waals surface area contributed by atoms with E-state index in [-0.39, 0.29) is 96.0 Å². The zero-order chi connectivity index (χ0) is 89.9. The van der Waals surface area contributed by atoms with Crippen LogP contribution in [0.5, 0.6) is 0 Å². The molecule has 41 heteroatoms. The maximum Gasteiger partial charge on any atom is 0.345 e. The van der Waals surface area contributed by atoms with Gasteiger partial charge in [0.1, 0.15) is 60.8 Å². The second kappa shape index (κ2) is 49.8. The van der Waals surface area contributed by atoms with Crippen molar-refractivity contribution in [3.8, 4) is 0 Å². The maximum atomic E-state index is 15.3. The molecule has 0 spiro atoms. The molecule has 27 N–H and O–H groups in total. The second-order valence-corrected chi connectivity index (χ2v) is 31.6. The summed E-state index contributed by atoms with van der Waals surface area (Å²) in [5, 5.41) is 90.9. The third-order valence-corrected chi connectivity index (χ3v) is 20.7. The number of hydrogen-bond acceptors (Lipinski definition) is 28. The van der Waals surface area contributed by atoms with Crippen LogP contribution in [0, 0.1) is 11.3 Å². The standard InChI is InChI=1S/C81H119N21O19S/c1-45(2)41-60-75(115)93-55(26-32-82)70(110)92-58(29-35-85)74(114)99-66(46(3)103)77(117)89-37-30-59(73(113)91-56(27-33-83)72(112)97-61(76(116)96-60)42-48-15-9-8-10-16-48)94-71(111)57(28-34-84)95-78(118)67(47(4)104)98-64(105)31-40-121-79(119)81(5,6)44-101(39-38-90-69(109)53(86)23-25-65(106)107)80(120)102-62-43-50(122-63-19-12-11-18-52(63)68(108)87-7)21-22-51(62)54(100-102)24-20-49-17-13-14-36-88-49/h8-22,24,36,43,45-47,53,55-61,64,66-67,77,89,98,103-105,117H,23,25-35,37-42,44,82-86H2,1-7H3,(H,87,108)(H,90,109)(H,91,113)(H,92,110)(H,93,115)(H,94,111)(H,95,118)(H,96,116)(H,97,112)(H,99,114)(H,106,107)/b24-20+/t46-,47-,53+,55+,56+,57+,58+,59+,60+,61-,64?,66+,67+,77?/m1/s1. The van der Waals surface area contributed by atoms with Crippen LogP contribution < -0.4 is 92.5 Å². The van der Waals surface area contributed by atoms with Crippen molar-refractivity contribution in [1.82, 2.24) is 83.5 Å². The smallest absolute Gasteiger partial charge is 0.345 e. The number of pyridine rings is 1. The predicted molar refractivity (Wildman–Crippen MR) is 451 cm³/mol. The summed E-state index contributed by atoms with van der Waals surface area (Å²) in [6.45, 7) is 6.17. The van der Waals surface area contributed by atoms with Gasteiger partial charge in [0.15, 0.2) is 0 Å². The van der Waals surface area contributed by atoms with E-state index in [0.29, 0.717) is 43.2 Å². The van der Waals surface area contributed by atoms with Crippen molar-refractivity contribution < 1.29 is 92.6 Å². The van der Waals surface area contributed by atoms with Gasteiger partial charge in [-0.2, -0.15) is 9.78 Å². The average molecular weight is 1720 g/mol. The molecule has 0 aliphatic carbocycles. The molecule has 2 aromatic heterocycles. The van der Waals surface area contributed by atoms with Crippen LogP contribution in [-0.4, -0.2) is 273 Å². The fourth-order valence-corrected chi connectivity index (χ4v) is 13.9. The summed E-state index contributed by atoms with van der Waals surface area (Å²) >= 11 is 1.25. The molecule has 0 radical (unpaired) electrons. The highest BCUT2D eigenvalue weighted by Gasteiger charge is 2.40. The highest BCUT2D eigenvalue weighted by molar-refractivity contribution is 7.99. The molecule has 1 aliphatic rings. The molecule has 14 atom stereocenters. The number of nitrogens with two attached hydrogens (primary N) is 5. The van der Waals surface area contributed by atoms with Crippen molar-refractivity contribution in [3.63, 3.8) is 0 Å². The van der Waals surface area contributed by atoms with Gasteiger partial charge in [0.05, 0.1) is 58.8 Å². The molecule has 40 nitrogen and oxygen atoms in total. The minimum Gasteiger partial charge on any atom is -0.481 e. The van der Waals surface area contributed by atoms with Gasteiger partial charge < -0.3 is 117 Å². The van der Waals surface area contributed by atoms with Gasteiger partial charge in [-0.1, -0.05) is 74.1 Å². The summed E-state index contributed by atoms with van der Waals surface area (Å²) in [5.41, 5.74) is 30.4. The number of carbonyl (C=O) groups excluding carboxylic acids is 12. The van der Waals surface area contributed by atoms with Crippen molar-refractivity contribution >= 4 is 112 Å². The quantitative estimate of drug-likeness (QED) is 0.0135. The van der Waals surface area contributed by atoms with E-state index >= 15 is 4.79 Å². The second-order valence-electron chi connectivity index (χ2n) is 30.5. The Morgan fingerprint density at radius 1 is 0.705 bits per heavy atom. The number of benzene rings is 3. The third-order valence-electron chi connectivity index (χ3n) is 19.6. The molecule has 0 bridgehead atoms. The molecule has 0 saturated carbocycles. The van der Waals surface area contributed by atoms with Gasteiger partial charge in [-0.25, -0.2) is 4.79 Å². The number of carbonyl (C=O) groups is 13. The number of ether oxygens (including phenoxy) is 1. The van der Waals surface area contributed by atoms with E-state index < -0.39 is 201 Å². The van der Waals surface area contributed by atoms with Crippen molar-refractivity contribution in [2.75, 3.05) is 66.0 Å². The molecule has 5 aromatic rings. The number of esters is 1. The number of hydrogen-bond donors (Lipinski definition) is 22. The van der Waals surface area contributed by atoms with E-state index in [2.05, 4.69) is 68.8 Å². The Morgan fingerprint density at radius 2 is 1.30 bits per heavy atom. The summed E-state index contributed by atoms with van der Waals surface area (Å²) in [4.78, 5) is 189. The third kappa shape index (κ3) is 31.2. The van der Waals surface area contributed by atoms with Crippen LogP contribution in [0.3, 0.4) is 0 Å². The number of rotatable bonds is 38. The predicted octanol–water partition coefficient (Wildman–Crippen LogP) is -3.44. The molecular formula is C81H119N21O19S. The summed E-state index contributed by atoms with van der Waals surface area (Å²) in [6.07, 6.45) is -4.35. The first-order chi connectivity index (χ1) is 58.0. The summed E-state index contributed by atoms with van der Waals surface area (Å²) in [6, 6.07) is 10.2. The first kappa shape index (κ1) is 99.9. The van der Waals surface area contributed by atoms with Gasteiger partial charge in [-0.05, 0) is 165 Å². The molecule has 122 heavy (non-hydrogen) atoms. The molecular weight excluding hydrogens is 1600 g/mol. The number of aliphatic hydroxyl groups excluding tert-OH is 4. The summed E-state index contributed by atoms with van der Waals surface area (Å²) in [5.74, 6) is -11.0. The number of nitrogens with one attached hydrogen (secondary N) is 12. The van der Waals surface area contributed by atoms with E-state index in [1.54, 1.807) is 123 Å². The normalized spacial score (nSPS) is 20.3. The number of aliphatic carboxylic acids is 1. The molecule has 1 fully saturated rings. The molecule has 2 unspecified atom stereocenters. The largest absolute Gasteiger partial charge is 0.481 e. The SMILES string of the molecule is CNC(=O)c1ccccc1Sc1ccc2c(/C=C/c3ccccn3)nn(C(=O)N(CCNC(=O)[C@@H](N)CCC(=O)O)CC(C)(C)C(=O)OCCC(O)N[C@H](C(=O)N[C@@H](CCN)C(=O)N[C@H]3CCNC(O)[C@H]([C@@H](C)O)NC(=O)[C@H](CCN)NC(=O)[C@H](CCN)NC(=O)[C@H](CC(C)C)NC(=O)[C@@H](Cc4ccccc4)NC(=O)[C@H](CCN)NC3=O)[C@@H](C)O)c2c1. The van der Waals surface area contributed by atoms with Crippen molar-refractivity contribution in [3.05, 3.63) is 120 Å². The Kier molecular flexibility index (Phi) is 40.8. The van der Waals surface area contributed by atoms with Crippen LogP contribution in [0.15, 0.2) is 107 Å². The Hall–Kier alpha value is -11.0. The van der Waals surface area contributed by atoms with Crippen LogP contribution in [0.2, 0.25) is 0 Å². The monoisotopic (exact) mass is 1720 g/mol. The van der Waals surface area contributed by atoms with Crippen molar-refractivity contribution in [2.45, 2.75) is 201 Å². The van der Waals surface area contributed by atoms with Crippen LogP contribution in [0.4, 0.5) is 4.79 Å². The molecule has 3 aromatic carbocycles. The lowest BCUT2D eigenvalue weighted by molar-refractivity contribution is -0.155. The number of amides is 11. The van der Waals surface area contributed by atoms with Gasteiger partial charge in [0.25, 0.3) is 5.91 Å². The van der Waals surface area contributed by atoms with Gasteiger partial charge >= 0.3 is 18.0 Å². The maximum absolute atomic E-state index is 15.3. The van der Waals surface area contributed by atoms with Gasteiger partial charge in [0, 0.05) is 73.9 Å². The van der Waals surface area contributed by atoms with E-state index in [1.807, 2.05) is 0 Å². The van der Waals surface area contributed by atoms with Crippen molar-refractivity contribution in [1.29, 1.82) is 0 Å². The number of fused-ring (bicyclic) bond motifs is 1. The van der Waals surface area contributed by atoms with Crippen LogP contribution in [0.1, 0.15) is 127 Å². The lowest BCUT2D eigenvalue weighted by Crippen LogP contribution is -2.61. The molecule has 11 amide bonds. The van der Waals surface area contributed by atoms with E-state index in [1.165, 1.54) is 51.4 Å². The Balaban J connectivity index is 1.24. The van der Waals surface area contributed by atoms with Gasteiger partial charge in [-0.3, -0.25) is 73.2 Å². The van der Waals surface area contributed by atoms with Crippen LogP contribution in [-0.2, 0) is 63.9 Å². The average Bonchev–Trinajstić information content (AvgIpc) is 1.62. The number of nitrogens with zero attached hydrogens (tertiary/aromatic N) is 4. The molecule has 6 rings (SSSR count). The minimum atomic E-state index is -1.84. The first-order valence-electron chi connectivity index (χ1n) is 40.3. The fraction of sp³-hybridized carbons (Fsp3) is 0.519. The van der Waals surface area contributed by atoms with E-state index in [9.17, 15) is 83.1 Å². The zero-order valence-corrected chi connectivity index (χ0v) is 70.3. The Bertz CT molecular complexity index is 4370. The topological polar surface area (TPSA) is 641 Å². The number of carboxylic acid groups (broad SMARTS) is 1. The van der Waals surface area contributed by atoms with Crippen molar-refractivity contribution in [2.24, 2.45) is 40.0 Å². The highest BCUT2D eigenvalue weighted by atomic mass is 32.2. The summed E-state index contributed by atoms with van der Waals surface area (Å²) < 4.78 is 6.83. The Morgan fingerprint density at radius 3 is 1.90 bits per heavy atom. The van der Waals surface area contributed by atoms with Gasteiger partial charge in [-0.15, -0.1) is 0 Å². The Labute approximate surface area is 711 Å². The summed E-state index contributed by atoms with van der Waals surface area (Å²) in [7, 11) is 1.51.